The molecule has 0 aromatic carbocycles. The summed E-state index contributed by atoms with van der Waals surface area (Å²) in [6, 6.07) is 0.216. The van der Waals surface area contributed by atoms with Crippen molar-refractivity contribution >= 4 is 5.91 Å². The van der Waals surface area contributed by atoms with E-state index in [1.54, 1.807) is 0 Å². The Morgan fingerprint density at radius 2 is 2.25 bits per heavy atom. The van der Waals surface area contributed by atoms with Crippen LogP contribution in [0.1, 0.15) is 33.1 Å². The van der Waals surface area contributed by atoms with Crippen LogP contribution in [0.2, 0.25) is 0 Å². The lowest BCUT2D eigenvalue weighted by molar-refractivity contribution is -0.125. The number of amides is 1. The van der Waals surface area contributed by atoms with Gasteiger partial charge in [0.1, 0.15) is 0 Å². The molecule has 1 aliphatic rings. The summed E-state index contributed by atoms with van der Waals surface area (Å²) in [6.45, 7) is 6.18. The van der Waals surface area contributed by atoms with Crippen molar-refractivity contribution in [3.63, 3.8) is 0 Å². The molecule has 4 nitrogen and oxygen atoms in total. The predicted molar refractivity (Wildman–Crippen MR) is 64.0 cm³/mol. The summed E-state index contributed by atoms with van der Waals surface area (Å²) in [7, 11) is 0. The molecular formula is C12H24N2O2. The fraction of sp³-hybridized carbons (Fsp3) is 0.917. The van der Waals surface area contributed by atoms with Crippen molar-refractivity contribution in [2.24, 2.45) is 17.6 Å². The average molecular weight is 228 g/mol. The van der Waals surface area contributed by atoms with E-state index in [1.165, 1.54) is 0 Å². The lowest BCUT2D eigenvalue weighted by Crippen LogP contribution is -2.33. The number of ether oxygens (including phenoxy) is 1. The molecule has 0 radical (unpaired) electrons. The van der Waals surface area contributed by atoms with E-state index in [9.17, 15) is 4.79 Å². The molecular weight excluding hydrogens is 204 g/mol. The molecule has 0 bridgehead atoms. The summed E-state index contributed by atoms with van der Waals surface area (Å²) < 4.78 is 5.39. The van der Waals surface area contributed by atoms with E-state index in [0.29, 0.717) is 19.1 Å². The van der Waals surface area contributed by atoms with Crippen LogP contribution >= 0.6 is 0 Å². The van der Waals surface area contributed by atoms with Gasteiger partial charge in [-0.05, 0) is 25.2 Å². The first-order valence-corrected chi connectivity index (χ1v) is 6.20. The average Bonchev–Trinajstić information content (AvgIpc) is 2.63. The first-order chi connectivity index (χ1) is 7.59. The fourth-order valence-corrected chi connectivity index (χ4v) is 1.96. The van der Waals surface area contributed by atoms with Crippen LogP contribution in [0.4, 0.5) is 0 Å². The Hall–Kier alpha value is -0.610. The van der Waals surface area contributed by atoms with Crippen LogP contribution < -0.4 is 11.1 Å². The first kappa shape index (κ1) is 13.5. The minimum absolute atomic E-state index is 0.125. The van der Waals surface area contributed by atoms with Crippen molar-refractivity contribution in [2.45, 2.75) is 39.2 Å². The third-order valence-electron chi connectivity index (χ3n) is 2.84. The zero-order chi connectivity index (χ0) is 12.0. The van der Waals surface area contributed by atoms with Gasteiger partial charge < -0.3 is 15.8 Å². The molecule has 1 rings (SSSR count). The van der Waals surface area contributed by atoms with Gasteiger partial charge in [-0.1, -0.05) is 13.8 Å². The van der Waals surface area contributed by atoms with Crippen LogP contribution in [0.15, 0.2) is 0 Å². The number of carbonyl (C=O) groups excluding carboxylic acids is 1. The van der Waals surface area contributed by atoms with Gasteiger partial charge in [0.05, 0.1) is 6.61 Å². The van der Waals surface area contributed by atoms with E-state index in [4.69, 9.17) is 10.5 Å². The highest BCUT2D eigenvalue weighted by atomic mass is 16.5. The summed E-state index contributed by atoms with van der Waals surface area (Å²) in [4.78, 5) is 11.7. The second-order valence-corrected chi connectivity index (χ2v) is 5.03. The van der Waals surface area contributed by atoms with Crippen molar-refractivity contribution in [3.8, 4) is 0 Å². The maximum absolute atomic E-state index is 11.7. The van der Waals surface area contributed by atoms with Crippen molar-refractivity contribution in [2.75, 3.05) is 19.8 Å². The number of hydrogen-bond acceptors (Lipinski definition) is 3. The van der Waals surface area contributed by atoms with Gasteiger partial charge in [-0.3, -0.25) is 4.79 Å². The number of rotatable bonds is 6. The van der Waals surface area contributed by atoms with E-state index < -0.39 is 0 Å². The van der Waals surface area contributed by atoms with Gasteiger partial charge in [0.25, 0.3) is 0 Å². The number of carbonyl (C=O) groups is 1. The minimum Gasteiger partial charge on any atom is -0.379 e. The summed E-state index contributed by atoms with van der Waals surface area (Å²) in [5.74, 6) is 0.810. The lowest BCUT2D eigenvalue weighted by atomic mass is 10.1. The Morgan fingerprint density at radius 1 is 1.50 bits per heavy atom. The highest BCUT2D eigenvalue weighted by molar-refractivity contribution is 5.78. The highest BCUT2D eigenvalue weighted by Gasteiger charge is 2.27. The standard InChI is InChI=1S/C12H24N2O2/c1-9(2)8-16-6-5-14-12(15)10-3-4-11(13)7-10/h9-11H,3-8,13H2,1-2H3,(H,14,15). The second-order valence-electron chi connectivity index (χ2n) is 5.03. The summed E-state index contributed by atoms with van der Waals surface area (Å²) in [5, 5.41) is 2.90. The summed E-state index contributed by atoms with van der Waals surface area (Å²) in [6.07, 6.45) is 2.74. The molecule has 0 aromatic rings. The van der Waals surface area contributed by atoms with Crippen molar-refractivity contribution in [3.05, 3.63) is 0 Å². The molecule has 0 aliphatic heterocycles. The van der Waals surface area contributed by atoms with Gasteiger partial charge in [0.2, 0.25) is 5.91 Å². The Labute approximate surface area is 97.9 Å². The third kappa shape index (κ3) is 4.94. The summed E-state index contributed by atoms with van der Waals surface area (Å²) in [5.41, 5.74) is 5.77. The van der Waals surface area contributed by atoms with Gasteiger partial charge in [0.15, 0.2) is 0 Å². The largest absolute Gasteiger partial charge is 0.379 e. The molecule has 2 unspecified atom stereocenters. The zero-order valence-corrected chi connectivity index (χ0v) is 10.4. The van der Waals surface area contributed by atoms with Crippen LogP contribution in [0.3, 0.4) is 0 Å². The predicted octanol–water partition coefficient (Wildman–Crippen LogP) is 0.903. The Kier molecular flexibility index (Phi) is 5.77. The van der Waals surface area contributed by atoms with Gasteiger partial charge in [-0.15, -0.1) is 0 Å². The third-order valence-corrected chi connectivity index (χ3v) is 2.84. The number of hydrogen-bond donors (Lipinski definition) is 2. The Balaban J connectivity index is 2.02. The number of nitrogens with one attached hydrogen (secondary N) is 1. The Morgan fingerprint density at radius 3 is 2.81 bits per heavy atom. The normalized spacial score (nSPS) is 25.0. The van der Waals surface area contributed by atoms with Gasteiger partial charge in [-0.25, -0.2) is 0 Å². The Bertz CT molecular complexity index is 219. The topological polar surface area (TPSA) is 64.3 Å². The maximum Gasteiger partial charge on any atom is 0.223 e. The van der Waals surface area contributed by atoms with E-state index in [0.717, 1.165) is 25.9 Å². The quantitative estimate of drug-likeness (QED) is 0.664. The molecule has 1 amide bonds. The maximum atomic E-state index is 11.7. The molecule has 3 N–H and O–H groups in total. The molecule has 0 spiro atoms. The van der Waals surface area contributed by atoms with Crippen LogP contribution in [0.5, 0.6) is 0 Å². The number of nitrogens with two attached hydrogens (primary N) is 1. The minimum atomic E-state index is 0.125. The molecule has 2 atom stereocenters. The van der Waals surface area contributed by atoms with Crippen molar-refractivity contribution < 1.29 is 9.53 Å². The molecule has 1 aliphatic carbocycles. The van der Waals surface area contributed by atoms with Crippen LogP contribution in [0.25, 0.3) is 0 Å². The molecule has 1 fully saturated rings. The van der Waals surface area contributed by atoms with Crippen LogP contribution in [0, 0.1) is 11.8 Å². The van der Waals surface area contributed by atoms with Crippen molar-refractivity contribution in [1.82, 2.24) is 5.32 Å². The highest BCUT2D eigenvalue weighted by Crippen LogP contribution is 2.23. The molecule has 0 aromatic heterocycles. The first-order valence-electron chi connectivity index (χ1n) is 6.20. The van der Waals surface area contributed by atoms with Gasteiger partial charge in [-0.2, -0.15) is 0 Å². The zero-order valence-electron chi connectivity index (χ0n) is 10.4. The lowest BCUT2D eigenvalue weighted by Gasteiger charge is -2.11. The molecule has 16 heavy (non-hydrogen) atoms. The molecule has 0 saturated heterocycles. The van der Waals surface area contributed by atoms with E-state index in [-0.39, 0.29) is 17.9 Å². The van der Waals surface area contributed by atoms with Crippen LogP contribution in [-0.4, -0.2) is 31.7 Å². The molecule has 1 saturated carbocycles. The van der Waals surface area contributed by atoms with E-state index in [1.807, 2.05) is 0 Å². The molecule has 4 heteroatoms. The van der Waals surface area contributed by atoms with E-state index in [2.05, 4.69) is 19.2 Å². The molecule has 0 heterocycles. The van der Waals surface area contributed by atoms with Crippen molar-refractivity contribution in [1.29, 1.82) is 0 Å². The smallest absolute Gasteiger partial charge is 0.223 e. The fourth-order valence-electron chi connectivity index (χ4n) is 1.96. The SMILES string of the molecule is CC(C)COCCNC(=O)C1CCC(N)C1. The van der Waals surface area contributed by atoms with Gasteiger partial charge in [0, 0.05) is 25.1 Å². The second kappa shape index (κ2) is 6.86. The van der Waals surface area contributed by atoms with Gasteiger partial charge >= 0.3 is 0 Å². The summed E-state index contributed by atoms with van der Waals surface area (Å²) >= 11 is 0. The monoisotopic (exact) mass is 228 g/mol. The molecule has 94 valence electrons. The van der Waals surface area contributed by atoms with E-state index >= 15 is 0 Å². The van der Waals surface area contributed by atoms with Crippen LogP contribution in [-0.2, 0) is 9.53 Å².